The summed E-state index contributed by atoms with van der Waals surface area (Å²) >= 11 is 5.93. The van der Waals surface area contributed by atoms with Crippen LogP contribution in [0.4, 0.5) is 4.39 Å². The standard InChI is InChI=1S/C26H29ClFN3O4/c1-3-17(2)29-23(32)22-16-35-26(31(22)25(34)19-5-4-6-21(28)15-19)11-13-30(14-12-26)24(33)18-7-9-20(27)10-8-18/h4-10,15,17,22H,3,11-14,16H2,1-2H3,(H,29,32)/t17-,22+/m1/s1. The predicted molar refractivity (Wildman–Crippen MR) is 130 cm³/mol. The molecule has 1 N–H and O–H groups in total. The van der Waals surface area contributed by atoms with Gasteiger partial charge in [0.15, 0.2) is 0 Å². The van der Waals surface area contributed by atoms with Crippen LogP contribution in [0.2, 0.25) is 5.02 Å². The molecular weight excluding hydrogens is 473 g/mol. The van der Waals surface area contributed by atoms with Crippen molar-refractivity contribution in [1.29, 1.82) is 0 Å². The van der Waals surface area contributed by atoms with Crippen LogP contribution in [0.3, 0.4) is 0 Å². The monoisotopic (exact) mass is 501 g/mol. The second-order valence-electron chi connectivity index (χ2n) is 9.08. The number of ether oxygens (including phenoxy) is 1. The Balaban J connectivity index is 1.57. The molecule has 0 unspecified atom stereocenters. The summed E-state index contributed by atoms with van der Waals surface area (Å²) in [5.41, 5.74) is -0.385. The quantitative estimate of drug-likeness (QED) is 0.674. The zero-order valence-corrected chi connectivity index (χ0v) is 20.6. The van der Waals surface area contributed by atoms with Crippen LogP contribution in [0.1, 0.15) is 53.8 Å². The summed E-state index contributed by atoms with van der Waals surface area (Å²) in [7, 11) is 0. The van der Waals surface area contributed by atoms with E-state index in [4.69, 9.17) is 16.3 Å². The summed E-state index contributed by atoms with van der Waals surface area (Å²) in [4.78, 5) is 42.9. The molecule has 186 valence electrons. The average Bonchev–Trinajstić information content (AvgIpc) is 3.22. The van der Waals surface area contributed by atoms with E-state index in [2.05, 4.69) is 5.32 Å². The first kappa shape index (κ1) is 25.1. The fourth-order valence-corrected chi connectivity index (χ4v) is 4.73. The SMILES string of the molecule is CC[C@@H](C)NC(=O)[C@@H]1COC2(CCN(C(=O)c3ccc(Cl)cc3)CC2)N1C(=O)c1cccc(F)c1. The lowest BCUT2D eigenvalue weighted by atomic mass is 9.96. The highest BCUT2D eigenvalue weighted by Crippen LogP contribution is 2.39. The maximum absolute atomic E-state index is 13.9. The van der Waals surface area contributed by atoms with Crippen LogP contribution in [0, 0.1) is 5.82 Å². The van der Waals surface area contributed by atoms with E-state index in [1.54, 1.807) is 29.2 Å². The molecule has 9 heteroatoms. The molecular formula is C26H29ClFN3O4. The van der Waals surface area contributed by atoms with Crippen LogP contribution in [0.15, 0.2) is 48.5 Å². The van der Waals surface area contributed by atoms with E-state index in [0.717, 1.165) is 12.5 Å². The highest BCUT2D eigenvalue weighted by atomic mass is 35.5. The second kappa shape index (κ2) is 10.3. The molecule has 2 saturated heterocycles. The minimum atomic E-state index is -1.06. The van der Waals surface area contributed by atoms with Gasteiger partial charge in [0.1, 0.15) is 17.6 Å². The summed E-state index contributed by atoms with van der Waals surface area (Å²) in [5, 5.41) is 3.48. The molecule has 2 aromatic carbocycles. The van der Waals surface area contributed by atoms with Gasteiger partial charge in [0.25, 0.3) is 11.8 Å². The Hall–Kier alpha value is -2.97. The van der Waals surface area contributed by atoms with Crippen molar-refractivity contribution in [3.8, 4) is 0 Å². The number of nitrogens with zero attached hydrogens (tertiary/aromatic N) is 2. The zero-order valence-electron chi connectivity index (χ0n) is 19.8. The van der Waals surface area contributed by atoms with E-state index in [1.165, 1.54) is 23.1 Å². The van der Waals surface area contributed by atoms with E-state index in [0.29, 0.717) is 36.5 Å². The van der Waals surface area contributed by atoms with Crippen LogP contribution < -0.4 is 5.32 Å². The maximum Gasteiger partial charge on any atom is 0.256 e. The second-order valence-corrected chi connectivity index (χ2v) is 9.51. The van der Waals surface area contributed by atoms with Crippen LogP contribution in [-0.2, 0) is 9.53 Å². The van der Waals surface area contributed by atoms with Crippen LogP contribution in [-0.4, -0.2) is 65.0 Å². The van der Waals surface area contributed by atoms with Gasteiger partial charge in [-0.05, 0) is 55.8 Å². The summed E-state index contributed by atoms with van der Waals surface area (Å²) in [6.45, 7) is 4.57. The fourth-order valence-electron chi connectivity index (χ4n) is 4.60. The summed E-state index contributed by atoms with van der Waals surface area (Å²) in [6, 6.07) is 11.2. The molecule has 7 nitrogen and oxygen atoms in total. The van der Waals surface area contributed by atoms with Crippen molar-refractivity contribution in [2.45, 2.75) is 50.9 Å². The van der Waals surface area contributed by atoms with Crippen LogP contribution >= 0.6 is 11.6 Å². The normalized spacial score (nSPS) is 20.1. The first-order chi connectivity index (χ1) is 16.7. The summed E-state index contributed by atoms with van der Waals surface area (Å²) in [6.07, 6.45) is 1.41. The number of hydrogen-bond donors (Lipinski definition) is 1. The number of halogens is 2. The highest BCUT2D eigenvalue weighted by Gasteiger charge is 2.54. The Morgan fingerprint density at radius 2 is 1.80 bits per heavy atom. The first-order valence-corrected chi connectivity index (χ1v) is 12.2. The number of amides is 3. The molecule has 4 rings (SSSR count). The van der Waals surface area contributed by atoms with E-state index >= 15 is 0 Å². The third-order valence-electron chi connectivity index (χ3n) is 6.78. The largest absolute Gasteiger partial charge is 0.353 e. The first-order valence-electron chi connectivity index (χ1n) is 11.8. The van der Waals surface area contributed by atoms with Crippen molar-refractivity contribution in [2.24, 2.45) is 0 Å². The lowest BCUT2D eigenvalue weighted by Gasteiger charge is -2.44. The lowest BCUT2D eigenvalue weighted by molar-refractivity contribution is -0.128. The molecule has 3 amide bonds. The van der Waals surface area contributed by atoms with Crippen molar-refractivity contribution in [3.05, 3.63) is 70.5 Å². The van der Waals surface area contributed by atoms with Crippen LogP contribution in [0.25, 0.3) is 0 Å². The van der Waals surface area contributed by atoms with E-state index < -0.39 is 23.5 Å². The molecule has 0 bridgehead atoms. The van der Waals surface area contributed by atoms with Crippen molar-refractivity contribution in [2.75, 3.05) is 19.7 Å². The molecule has 2 aliphatic rings. The Bertz CT molecular complexity index is 1100. The summed E-state index contributed by atoms with van der Waals surface area (Å²) in [5.74, 6) is -1.44. The third-order valence-corrected chi connectivity index (χ3v) is 7.03. The minimum Gasteiger partial charge on any atom is -0.353 e. The molecule has 0 aromatic heterocycles. The van der Waals surface area contributed by atoms with Gasteiger partial charge >= 0.3 is 0 Å². The molecule has 1 spiro atoms. The van der Waals surface area contributed by atoms with Gasteiger partial charge < -0.3 is 15.0 Å². The molecule has 2 atom stereocenters. The van der Waals surface area contributed by atoms with E-state index in [1.807, 2.05) is 13.8 Å². The molecule has 2 aliphatic heterocycles. The van der Waals surface area contributed by atoms with Crippen molar-refractivity contribution >= 4 is 29.3 Å². The number of carbonyl (C=O) groups excluding carboxylic acids is 3. The number of piperidine rings is 1. The van der Waals surface area contributed by atoms with E-state index in [-0.39, 0.29) is 30.0 Å². The Morgan fingerprint density at radius 1 is 1.11 bits per heavy atom. The van der Waals surface area contributed by atoms with Gasteiger partial charge in [-0.1, -0.05) is 24.6 Å². The number of rotatable bonds is 5. The number of carbonyl (C=O) groups is 3. The lowest BCUT2D eigenvalue weighted by Crippen LogP contribution is -2.60. The van der Waals surface area contributed by atoms with Gasteiger partial charge in [0.05, 0.1) is 6.61 Å². The smallest absolute Gasteiger partial charge is 0.256 e. The topological polar surface area (TPSA) is 79.0 Å². The predicted octanol–water partition coefficient (Wildman–Crippen LogP) is 3.87. The number of benzene rings is 2. The van der Waals surface area contributed by atoms with Gasteiger partial charge in [0, 0.05) is 48.1 Å². The third kappa shape index (κ3) is 5.18. The summed E-state index contributed by atoms with van der Waals surface area (Å²) < 4.78 is 20.1. The molecule has 2 aromatic rings. The zero-order chi connectivity index (χ0) is 25.2. The van der Waals surface area contributed by atoms with Gasteiger partial charge in [-0.2, -0.15) is 0 Å². The van der Waals surface area contributed by atoms with Crippen molar-refractivity contribution in [1.82, 2.24) is 15.1 Å². The van der Waals surface area contributed by atoms with Gasteiger partial charge in [-0.25, -0.2) is 4.39 Å². The van der Waals surface area contributed by atoms with Gasteiger partial charge in [-0.15, -0.1) is 0 Å². The Morgan fingerprint density at radius 3 is 2.43 bits per heavy atom. The van der Waals surface area contributed by atoms with Crippen molar-refractivity contribution in [3.63, 3.8) is 0 Å². The number of hydrogen-bond acceptors (Lipinski definition) is 4. The average molecular weight is 502 g/mol. The Labute approximate surface area is 209 Å². The molecule has 0 saturated carbocycles. The molecule has 0 radical (unpaired) electrons. The number of likely N-dealkylation sites (tertiary alicyclic amines) is 1. The molecule has 2 heterocycles. The molecule has 2 fully saturated rings. The van der Waals surface area contributed by atoms with Crippen LogP contribution in [0.5, 0.6) is 0 Å². The maximum atomic E-state index is 13.9. The fraction of sp³-hybridized carbons (Fsp3) is 0.423. The van der Waals surface area contributed by atoms with Gasteiger partial charge in [-0.3, -0.25) is 19.3 Å². The van der Waals surface area contributed by atoms with Crippen molar-refractivity contribution < 1.29 is 23.5 Å². The Kier molecular flexibility index (Phi) is 7.42. The molecule has 35 heavy (non-hydrogen) atoms. The number of nitrogens with one attached hydrogen (secondary N) is 1. The molecule has 0 aliphatic carbocycles. The van der Waals surface area contributed by atoms with E-state index in [9.17, 15) is 18.8 Å². The highest BCUT2D eigenvalue weighted by molar-refractivity contribution is 6.30. The minimum absolute atomic E-state index is 0.0362. The van der Waals surface area contributed by atoms with Gasteiger partial charge in [0.2, 0.25) is 5.91 Å².